The molecule has 3 heterocycles. The van der Waals surface area contributed by atoms with E-state index in [4.69, 9.17) is 13.7 Å². The van der Waals surface area contributed by atoms with Gasteiger partial charge in [0, 0.05) is 10.5 Å². The molecule has 0 saturated heterocycles. The fourth-order valence-corrected chi connectivity index (χ4v) is 4.27. The predicted molar refractivity (Wildman–Crippen MR) is 118 cm³/mol. The van der Waals surface area contributed by atoms with Gasteiger partial charge in [-0.3, -0.25) is 14.5 Å². The van der Waals surface area contributed by atoms with Crippen LogP contribution >= 0.6 is 15.9 Å². The monoisotopic (exact) mass is 480 g/mol. The van der Waals surface area contributed by atoms with E-state index in [1.54, 1.807) is 31.2 Å². The standard InChI is InChI=1S/C23H17BrN2O5/c1-3-29-15-6-4-5-13(10-15)20-19-21(27)16-11-14(24)7-8-17(16)30-22(19)23(28)26(20)18-9-12(2)31-25-18/h4-11,20H,3H2,1-2H3/t20-/m0/s1. The third-order valence-corrected chi connectivity index (χ3v) is 5.67. The van der Waals surface area contributed by atoms with E-state index in [9.17, 15) is 9.59 Å². The largest absolute Gasteiger partial charge is 0.494 e. The Labute approximate surface area is 185 Å². The summed E-state index contributed by atoms with van der Waals surface area (Å²) in [5.41, 5.74) is 1.06. The van der Waals surface area contributed by atoms with Gasteiger partial charge >= 0.3 is 0 Å². The van der Waals surface area contributed by atoms with E-state index in [1.165, 1.54) is 4.90 Å². The number of rotatable bonds is 4. The first kappa shape index (κ1) is 19.6. The summed E-state index contributed by atoms with van der Waals surface area (Å²) in [6, 6.07) is 13.4. The lowest BCUT2D eigenvalue weighted by atomic mass is 9.98. The lowest BCUT2D eigenvalue weighted by molar-refractivity contribution is 0.0969. The van der Waals surface area contributed by atoms with Gasteiger partial charge in [-0.05, 0) is 49.7 Å². The highest BCUT2D eigenvalue weighted by Crippen LogP contribution is 2.41. The van der Waals surface area contributed by atoms with Gasteiger partial charge in [-0.2, -0.15) is 0 Å². The van der Waals surface area contributed by atoms with E-state index in [-0.39, 0.29) is 16.8 Å². The number of anilines is 1. The Morgan fingerprint density at radius 3 is 2.74 bits per heavy atom. The highest BCUT2D eigenvalue weighted by molar-refractivity contribution is 9.10. The first-order valence-electron chi connectivity index (χ1n) is 9.74. The average molecular weight is 481 g/mol. The van der Waals surface area contributed by atoms with Crippen LogP contribution in [-0.4, -0.2) is 17.7 Å². The van der Waals surface area contributed by atoms with Gasteiger partial charge in [0.15, 0.2) is 11.2 Å². The zero-order valence-electron chi connectivity index (χ0n) is 16.7. The van der Waals surface area contributed by atoms with Crippen LogP contribution < -0.4 is 15.1 Å². The molecular weight excluding hydrogens is 464 g/mol. The van der Waals surface area contributed by atoms with Crippen molar-refractivity contribution in [2.45, 2.75) is 19.9 Å². The van der Waals surface area contributed by atoms with Gasteiger partial charge in [0.05, 0.1) is 23.6 Å². The normalized spacial score (nSPS) is 15.5. The van der Waals surface area contributed by atoms with Crippen LogP contribution in [0.15, 0.2) is 66.7 Å². The molecule has 0 aliphatic carbocycles. The molecule has 1 aliphatic rings. The maximum absolute atomic E-state index is 13.6. The molecule has 0 bridgehead atoms. The molecule has 1 atom stereocenters. The summed E-state index contributed by atoms with van der Waals surface area (Å²) in [5, 5.41) is 4.42. The Morgan fingerprint density at radius 1 is 1.16 bits per heavy atom. The smallest absolute Gasteiger partial charge is 0.296 e. The van der Waals surface area contributed by atoms with E-state index in [0.717, 1.165) is 4.47 Å². The molecule has 2 aromatic heterocycles. The molecule has 7 nitrogen and oxygen atoms in total. The van der Waals surface area contributed by atoms with Gasteiger partial charge in [-0.1, -0.05) is 33.2 Å². The van der Waals surface area contributed by atoms with E-state index in [2.05, 4.69) is 21.1 Å². The summed E-state index contributed by atoms with van der Waals surface area (Å²) in [4.78, 5) is 28.4. The van der Waals surface area contributed by atoms with Crippen LogP contribution in [0.3, 0.4) is 0 Å². The number of halogens is 1. The average Bonchev–Trinajstić information content (AvgIpc) is 3.30. The van der Waals surface area contributed by atoms with Gasteiger partial charge in [-0.25, -0.2) is 0 Å². The summed E-state index contributed by atoms with van der Waals surface area (Å²) < 4.78 is 17.5. The summed E-state index contributed by atoms with van der Waals surface area (Å²) in [7, 11) is 0. The van der Waals surface area contributed by atoms with Crippen molar-refractivity contribution in [2.24, 2.45) is 0 Å². The number of amides is 1. The summed E-state index contributed by atoms with van der Waals surface area (Å²) >= 11 is 3.40. The van der Waals surface area contributed by atoms with Crippen molar-refractivity contribution >= 4 is 38.6 Å². The van der Waals surface area contributed by atoms with Crippen molar-refractivity contribution in [3.05, 3.63) is 85.9 Å². The van der Waals surface area contributed by atoms with Crippen LogP contribution in [0.1, 0.15) is 40.4 Å². The molecule has 4 aromatic rings. The molecule has 8 heteroatoms. The molecule has 0 radical (unpaired) electrons. The molecule has 31 heavy (non-hydrogen) atoms. The quantitative estimate of drug-likeness (QED) is 0.408. The predicted octanol–water partition coefficient (Wildman–Crippen LogP) is 5.00. The van der Waals surface area contributed by atoms with Crippen LogP contribution in [0, 0.1) is 6.92 Å². The van der Waals surface area contributed by atoms with Crippen LogP contribution in [0.4, 0.5) is 5.82 Å². The molecule has 1 aliphatic heterocycles. The fourth-order valence-electron chi connectivity index (χ4n) is 3.90. The van der Waals surface area contributed by atoms with Crippen LogP contribution in [-0.2, 0) is 0 Å². The fraction of sp³-hybridized carbons (Fsp3) is 0.174. The number of nitrogens with zero attached hydrogens (tertiary/aromatic N) is 2. The Bertz CT molecular complexity index is 1390. The molecule has 1 amide bonds. The van der Waals surface area contributed by atoms with E-state index in [0.29, 0.717) is 40.5 Å². The van der Waals surface area contributed by atoms with E-state index in [1.807, 2.05) is 31.2 Å². The van der Waals surface area contributed by atoms with Crippen molar-refractivity contribution in [3.8, 4) is 5.75 Å². The molecule has 156 valence electrons. The minimum absolute atomic E-state index is 0.00675. The van der Waals surface area contributed by atoms with Crippen molar-refractivity contribution in [1.29, 1.82) is 0 Å². The molecule has 0 spiro atoms. The topological polar surface area (TPSA) is 85.8 Å². The van der Waals surface area contributed by atoms with E-state index >= 15 is 0 Å². The number of aryl methyl sites for hydroxylation is 1. The van der Waals surface area contributed by atoms with Gasteiger partial charge in [0.25, 0.3) is 5.91 Å². The number of ether oxygens (including phenoxy) is 1. The molecule has 0 unspecified atom stereocenters. The maximum Gasteiger partial charge on any atom is 0.296 e. The lowest BCUT2D eigenvalue weighted by Crippen LogP contribution is -2.29. The first-order valence-corrected chi connectivity index (χ1v) is 10.5. The van der Waals surface area contributed by atoms with Gasteiger partial charge in [0.2, 0.25) is 5.76 Å². The van der Waals surface area contributed by atoms with Gasteiger partial charge < -0.3 is 13.7 Å². The molecular formula is C23H17BrN2O5. The minimum Gasteiger partial charge on any atom is -0.494 e. The number of aromatic nitrogens is 1. The zero-order chi connectivity index (χ0) is 21.7. The molecule has 0 N–H and O–H groups in total. The Kier molecular flexibility index (Phi) is 4.66. The summed E-state index contributed by atoms with van der Waals surface area (Å²) in [5.74, 6) is 1.06. The van der Waals surface area contributed by atoms with Crippen LogP contribution in [0.5, 0.6) is 5.75 Å². The third kappa shape index (κ3) is 3.14. The van der Waals surface area contributed by atoms with Crippen LogP contribution in [0.25, 0.3) is 11.0 Å². The highest BCUT2D eigenvalue weighted by Gasteiger charge is 2.45. The van der Waals surface area contributed by atoms with Crippen molar-refractivity contribution in [2.75, 3.05) is 11.5 Å². The summed E-state index contributed by atoms with van der Waals surface area (Å²) in [6.45, 7) is 4.13. The Morgan fingerprint density at radius 2 is 2.00 bits per heavy atom. The zero-order valence-corrected chi connectivity index (χ0v) is 18.3. The number of hydrogen-bond donors (Lipinski definition) is 0. The summed E-state index contributed by atoms with van der Waals surface area (Å²) in [6.07, 6.45) is 0. The highest BCUT2D eigenvalue weighted by atomic mass is 79.9. The van der Waals surface area contributed by atoms with Crippen molar-refractivity contribution in [3.63, 3.8) is 0 Å². The lowest BCUT2D eigenvalue weighted by Gasteiger charge is -2.22. The van der Waals surface area contributed by atoms with Crippen LogP contribution in [0.2, 0.25) is 0 Å². The van der Waals surface area contributed by atoms with E-state index < -0.39 is 11.9 Å². The second kappa shape index (κ2) is 7.39. The minimum atomic E-state index is -0.730. The Hall–Kier alpha value is -3.39. The SMILES string of the molecule is CCOc1cccc([C@H]2c3c(oc4ccc(Br)cc4c3=O)C(=O)N2c2cc(C)on2)c1. The van der Waals surface area contributed by atoms with Gasteiger partial charge in [-0.15, -0.1) is 0 Å². The molecule has 0 saturated carbocycles. The molecule has 0 fully saturated rings. The second-order valence-corrected chi connectivity index (χ2v) is 8.11. The third-order valence-electron chi connectivity index (χ3n) is 5.18. The number of hydrogen-bond acceptors (Lipinski definition) is 6. The number of benzene rings is 2. The Balaban J connectivity index is 1.80. The second-order valence-electron chi connectivity index (χ2n) is 7.19. The molecule has 5 rings (SSSR count). The maximum atomic E-state index is 13.6. The van der Waals surface area contributed by atoms with Crippen molar-refractivity contribution < 1.29 is 18.5 Å². The number of carbonyl (C=O) groups excluding carboxylic acids is 1. The van der Waals surface area contributed by atoms with Gasteiger partial charge in [0.1, 0.15) is 17.1 Å². The molecule has 2 aromatic carbocycles. The van der Waals surface area contributed by atoms with Crippen molar-refractivity contribution in [1.82, 2.24) is 5.16 Å². The number of fused-ring (bicyclic) bond motifs is 2. The first-order chi connectivity index (χ1) is 15.0. The number of carbonyl (C=O) groups is 1.